The summed E-state index contributed by atoms with van der Waals surface area (Å²) in [5.74, 6) is 0. The van der Waals surface area contributed by atoms with Gasteiger partial charge in [0.1, 0.15) is 0 Å². The van der Waals surface area contributed by atoms with Crippen LogP contribution in [0.25, 0.3) is 0 Å². The maximum absolute atomic E-state index is 12.4. The quantitative estimate of drug-likeness (QED) is 0.928. The molecule has 2 rings (SSSR count). The molecule has 0 fully saturated rings. The van der Waals surface area contributed by atoms with E-state index in [0.717, 1.165) is 11.1 Å². The normalized spacial score (nSPS) is 12.2. The van der Waals surface area contributed by atoms with Crippen molar-refractivity contribution in [1.29, 1.82) is 0 Å². The molecule has 4 heteroatoms. The van der Waals surface area contributed by atoms with E-state index in [4.69, 9.17) is 0 Å². The zero-order valence-corrected chi connectivity index (χ0v) is 13.7. The first-order valence-electron chi connectivity index (χ1n) is 6.88. The summed E-state index contributed by atoms with van der Waals surface area (Å²) in [5, 5.41) is 0. The molecule has 0 aliphatic carbocycles. The third-order valence-corrected chi connectivity index (χ3v) is 4.71. The van der Waals surface area contributed by atoms with E-state index in [9.17, 15) is 8.42 Å². The first-order chi connectivity index (χ1) is 9.68. The Balaban J connectivity index is 2.31. The van der Waals surface area contributed by atoms with Crippen molar-refractivity contribution in [2.75, 3.05) is 4.72 Å². The topological polar surface area (TPSA) is 46.2 Å². The van der Waals surface area contributed by atoms with Crippen molar-refractivity contribution >= 4 is 15.7 Å². The van der Waals surface area contributed by atoms with E-state index < -0.39 is 10.0 Å². The molecule has 3 nitrogen and oxygen atoms in total. The van der Waals surface area contributed by atoms with Crippen LogP contribution >= 0.6 is 0 Å². The Morgan fingerprint density at radius 3 is 2.14 bits per heavy atom. The summed E-state index contributed by atoms with van der Waals surface area (Å²) in [4.78, 5) is 0.272. The second-order valence-corrected chi connectivity index (χ2v) is 7.93. The molecule has 0 unspecified atom stereocenters. The third-order valence-electron chi connectivity index (χ3n) is 3.31. The Hall–Kier alpha value is -1.81. The zero-order valence-electron chi connectivity index (χ0n) is 12.8. The lowest BCUT2D eigenvalue weighted by Crippen LogP contribution is -2.15. The summed E-state index contributed by atoms with van der Waals surface area (Å²) in [5.41, 5.74) is 2.68. The number of hydrogen-bond acceptors (Lipinski definition) is 2. The largest absolute Gasteiger partial charge is 0.280 e. The molecule has 0 aromatic heterocycles. The fourth-order valence-electron chi connectivity index (χ4n) is 1.98. The van der Waals surface area contributed by atoms with Gasteiger partial charge in [-0.25, -0.2) is 8.42 Å². The number of anilines is 1. The number of benzene rings is 2. The smallest absolute Gasteiger partial charge is 0.261 e. The van der Waals surface area contributed by atoms with Gasteiger partial charge in [-0.3, -0.25) is 4.72 Å². The van der Waals surface area contributed by atoms with Crippen LogP contribution in [-0.4, -0.2) is 8.42 Å². The molecule has 0 aliphatic heterocycles. The van der Waals surface area contributed by atoms with Gasteiger partial charge in [-0.15, -0.1) is 0 Å². The fourth-order valence-corrected chi connectivity index (χ4v) is 3.03. The van der Waals surface area contributed by atoms with Crippen molar-refractivity contribution < 1.29 is 8.42 Å². The summed E-state index contributed by atoms with van der Waals surface area (Å²) >= 11 is 0. The predicted octanol–water partition coefficient (Wildman–Crippen LogP) is 4.09. The maximum Gasteiger partial charge on any atom is 0.261 e. The van der Waals surface area contributed by atoms with Crippen LogP contribution in [0.5, 0.6) is 0 Å². The van der Waals surface area contributed by atoms with Gasteiger partial charge in [-0.05, 0) is 42.2 Å². The fraction of sp³-hybridized carbons (Fsp3) is 0.294. The van der Waals surface area contributed by atoms with Gasteiger partial charge in [0.2, 0.25) is 0 Å². The van der Waals surface area contributed by atoms with Crippen LogP contribution < -0.4 is 4.72 Å². The maximum atomic E-state index is 12.4. The molecular weight excluding hydrogens is 282 g/mol. The molecule has 0 saturated heterocycles. The molecule has 0 aliphatic rings. The van der Waals surface area contributed by atoms with E-state index in [1.54, 1.807) is 30.3 Å². The Kier molecular flexibility index (Phi) is 4.10. The molecule has 0 amide bonds. The first-order valence-corrected chi connectivity index (χ1v) is 8.37. The molecule has 1 N–H and O–H groups in total. The van der Waals surface area contributed by atoms with Crippen molar-refractivity contribution in [1.82, 2.24) is 0 Å². The molecule has 21 heavy (non-hydrogen) atoms. The lowest BCUT2D eigenvalue weighted by atomic mass is 9.87. The Morgan fingerprint density at radius 2 is 1.57 bits per heavy atom. The molecule has 0 heterocycles. The first kappa shape index (κ1) is 15.6. The van der Waals surface area contributed by atoms with Gasteiger partial charge < -0.3 is 0 Å². The van der Waals surface area contributed by atoms with Gasteiger partial charge in [0, 0.05) is 5.69 Å². The lowest BCUT2D eigenvalue weighted by molar-refractivity contribution is 0.590. The highest BCUT2D eigenvalue weighted by atomic mass is 32.2. The van der Waals surface area contributed by atoms with Crippen LogP contribution in [0.15, 0.2) is 53.4 Å². The summed E-state index contributed by atoms with van der Waals surface area (Å²) in [6, 6.07) is 14.3. The van der Waals surface area contributed by atoms with E-state index in [-0.39, 0.29) is 10.3 Å². The van der Waals surface area contributed by atoms with Gasteiger partial charge in [0.25, 0.3) is 10.0 Å². The molecular formula is C17H21NO2S. The highest BCUT2D eigenvalue weighted by Crippen LogP contribution is 2.25. The highest BCUT2D eigenvalue weighted by Gasteiger charge is 2.17. The predicted molar refractivity (Wildman–Crippen MR) is 87.1 cm³/mol. The average molecular weight is 303 g/mol. The minimum atomic E-state index is -3.54. The minimum absolute atomic E-state index is 0.0225. The van der Waals surface area contributed by atoms with Crippen molar-refractivity contribution in [2.24, 2.45) is 0 Å². The van der Waals surface area contributed by atoms with Gasteiger partial charge in [-0.1, -0.05) is 50.6 Å². The van der Waals surface area contributed by atoms with E-state index in [2.05, 4.69) is 25.5 Å². The van der Waals surface area contributed by atoms with Crippen molar-refractivity contribution in [3.63, 3.8) is 0 Å². The molecule has 112 valence electrons. The van der Waals surface area contributed by atoms with Gasteiger partial charge in [0.15, 0.2) is 0 Å². The van der Waals surface area contributed by atoms with Crippen molar-refractivity contribution in [3.8, 4) is 0 Å². The number of sulfonamides is 1. The summed E-state index contributed by atoms with van der Waals surface area (Å²) in [6.45, 7) is 8.22. The van der Waals surface area contributed by atoms with Crippen LogP contribution in [0.4, 0.5) is 5.69 Å². The summed E-state index contributed by atoms with van der Waals surface area (Å²) in [6.07, 6.45) is 0. The highest BCUT2D eigenvalue weighted by molar-refractivity contribution is 7.92. The average Bonchev–Trinajstić information content (AvgIpc) is 2.38. The van der Waals surface area contributed by atoms with Crippen LogP contribution in [0, 0.1) is 6.92 Å². The molecule has 0 bridgehead atoms. The third kappa shape index (κ3) is 3.85. The van der Waals surface area contributed by atoms with E-state index in [1.165, 1.54) is 0 Å². The van der Waals surface area contributed by atoms with Crippen LogP contribution in [0.2, 0.25) is 0 Å². The monoisotopic (exact) mass is 303 g/mol. The molecule has 0 radical (unpaired) electrons. The van der Waals surface area contributed by atoms with Gasteiger partial charge >= 0.3 is 0 Å². The van der Waals surface area contributed by atoms with Crippen LogP contribution in [0.1, 0.15) is 31.9 Å². The lowest BCUT2D eigenvalue weighted by Gasteiger charge is -2.20. The zero-order chi connectivity index (χ0) is 15.7. The Morgan fingerprint density at radius 1 is 0.952 bits per heavy atom. The second-order valence-electron chi connectivity index (χ2n) is 6.25. The number of nitrogens with one attached hydrogen (secondary N) is 1. The van der Waals surface area contributed by atoms with Crippen molar-refractivity contribution in [3.05, 3.63) is 59.7 Å². The second kappa shape index (κ2) is 5.53. The molecule has 0 saturated carbocycles. The number of aryl methyl sites for hydroxylation is 1. The Labute approximate surface area is 127 Å². The summed E-state index contributed by atoms with van der Waals surface area (Å²) < 4.78 is 27.4. The van der Waals surface area contributed by atoms with Crippen LogP contribution in [0.3, 0.4) is 0 Å². The molecule has 0 spiro atoms. The van der Waals surface area contributed by atoms with E-state index in [0.29, 0.717) is 5.69 Å². The van der Waals surface area contributed by atoms with E-state index >= 15 is 0 Å². The number of hydrogen-bond donors (Lipinski definition) is 1. The standard InChI is InChI=1S/C17H21NO2S/c1-13-8-10-16(11-9-13)21(19,20)18-15-7-5-6-14(12-15)17(2,3)4/h5-12,18H,1-4H3. The summed E-state index contributed by atoms with van der Waals surface area (Å²) in [7, 11) is -3.54. The van der Waals surface area contributed by atoms with Crippen LogP contribution in [-0.2, 0) is 15.4 Å². The molecule has 2 aromatic carbocycles. The Bertz CT molecular complexity index is 726. The minimum Gasteiger partial charge on any atom is -0.280 e. The molecule has 0 atom stereocenters. The SMILES string of the molecule is Cc1ccc(S(=O)(=O)Nc2cccc(C(C)(C)C)c2)cc1. The number of rotatable bonds is 3. The van der Waals surface area contributed by atoms with Gasteiger partial charge in [0.05, 0.1) is 4.90 Å². The molecule has 2 aromatic rings. The van der Waals surface area contributed by atoms with Crippen molar-refractivity contribution in [2.45, 2.75) is 38.0 Å². The van der Waals surface area contributed by atoms with E-state index in [1.807, 2.05) is 25.1 Å². The van der Waals surface area contributed by atoms with Gasteiger partial charge in [-0.2, -0.15) is 0 Å².